The van der Waals surface area contributed by atoms with Gasteiger partial charge in [-0.2, -0.15) is 0 Å². The zero-order chi connectivity index (χ0) is 18.0. The number of benzene rings is 1. The molecule has 2 saturated heterocycles. The third-order valence-corrected chi connectivity index (χ3v) is 6.26. The molecule has 2 aromatic rings. The van der Waals surface area contributed by atoms with E-state index in [-0.39, 0.29) is 0 Å². The molecule has 3 heterocycles. The van der Waals surface area contributed by atoms with Crippen molar-refractivity contribution in [3.63, 3.8) is 0 Å². The summed E-state index contributed by atoms with van der Waals surface area (Å²) in [6.45, 7) is 6.86. The number of ether oxygens (including phenoxy) is 1. The maximum Gasteiger partial charge on any atom is 0.122 e. The first-order valence-corrected chi connectivity index (χ1v) is 9.70. The van der Waals surface area contributed by atoms with E-state index in [1.54, 1.807) is 7.11 Å². The van der Waals surface area contributed by atoms with Crippen LogP contribution in [0.3, 0.4) is 0 Å². The lowest BCUT2D eigenvalue weighted by Gasteiger charge is -2.39. The molecule has 2 aliphatic rings. The van der Waals surface area contributed by atoms with E-state index in [2.05, 4.69) is 44.6 Å². The Labute approximate surface area is 156 Å². The van der Waals surface area contributed by atoms with Crippen LogP contribution in [-0.2, 0) is 20.1 Å². The van der Waals surface area contributed by atoms with Crippen LogP contribution in [0.2, 0.25) is 0 Å². The number of aryl methyl sites for hydroxylation is 1. The molecule has 26 heavy (non-hydrogen) atoms. The van der Waals surface area contributed by atoms with Gasteiger partial charge >= 0.3 is 0 Å². The normalized spacial score (nSPS) is 20.7. The summed E-state index contributed by atoms with van der Waals surface area (Å²) in [5.41, 5.74) is 1.88. The first kappa shape index (κ1) is 17.6. The van der Waals surface area contributed by atoms with Crippen molar-refractivity contribution in [2.45, 2.75) is 32.4 Å². The fourth-order valence-corrected chi connectivity index (χ4v) is 4.53. The number of likely N-dealkylation sites (tertiary alicyclic amines) is 2. The number of nitrogens with zero attached hydrogens (tertiary/aromatic N) is 4. The lowest BCUT2D eigenvalue weighted by molar-refractivity contribution is 0.0994. The molecular weight excluding hydrogens is 324 g/mol. The highest BCUT2D eigenvalue weighted by Gasteiger charge is 2.40. The van der Waals surface area contributed by atoms with Crippen LogP contribution in [0.1, 0.15) is 30.7 Å². The zero-order valence-electron chi connectivity index (χ0n) is 16.0. The van der Waals surface area contributed by atoms with Crippen LogP contribution < -0.4 is 4.74 Å². The second-order valence-corrected chi connectivity index (χ2v) is 8.04. The highest BCUT2D eigenvalue weighted by Crippen LogP contribution is 2.41. The molecule has 0 saturated carbocycles. The maximum absolute atomic E-state index is 5.36. The molecule has 0 radical (unpaired) electrons. The van der Waals surface area contributed by atoms with Crippen LogP contribution in [0.15, 0.2) is 36.7 Å². The predicted octanol–water partition coefficient (Wildman–Crippen LogP) is 2.92. The molecule has 1 aromatic heterocycles. The van der Waals surface area contributed by atoms with Crippen LogP contribution in [0, 0.1) is 5.41 Å². The number of hydrogen-bond acceptors (Lipinski definition) is 4. The molecule has 0 aliphatic carbocycles. The van der Waals surface area contributed by atoms with Gasteiger partial charge in [-0.3, -0.25) is 9.80 Å². The molecule has 1 spiro atoms. The lowest BCUT2D eigenvalue weighted by atomic mass is 9.78. The Bertz CT molecular complexity index is 733. The average molecular weight is 354 g/mol. The number of imidazole rings is 1. The molecule has 5 nitrogen and oxygen atoms in total. The quantitative estimate of drug-likeness (QED) is 0.827. The van der Waals surface area contributed by atoms with Gasteiger partial charge in [0.05, 0.1) is 13.7 Å². The summed E-state index contributed by atoms with van der Waals surface area (Å²) in [6, 6.07) is 8.49. The van der Waals surface area contributed by atoms with E-state index >= 15 is 0 Å². The van der Waals surface area contributed by atoms with Gasteiger partial charge in [0.2, 0.25) is 0 Å². The molecular formula is C21H30N4O. The monoisotopic (exact) mass is 354 g/mol. The number of aromatic nitrogens is 2. The average Bonchev–Trinajstić information content (AvgIpc) is 3.24. The number of piperidine rings is 1. The summed E-state index contributed by atoms with van der Waals surface area (Å²) in [6.07, 6.45) is 7.90. The standard InChI is InChI=1S/C21H30N4O/c1-23-13-9-22-20(23)16-24-10-6-21(7-11-24)8-12-25(17-21)15-18-4-3-5-19(14-18)26-2/h3-5,9,13-14H,6-8,10-12,15-17H2,1-2H3. The Morgan fingerprint density at radius 2 is 1.85 bits per heavy atom. The molecule has 0 bridgehead atoms. The van der Waals surface area contributed by atoms with Crippen molar-refractivity contribution >= 4 is 0 Å². The van der Waals surface area contributed by atoms with Crippen molar-refractivity contribution in [1.29, 1.82) is 0 Å². The summed E-state index contributed by atoms with van der Waals surface area (Å²) >= 11 is 0. The van der Waals surface area contributed by atoms with E-state index in [0.29, 0.717) is 5.41 Å². The molecule has 2 aliphatic heterocycles. The third kappa shape index (κ3) is 3.79. The first-order chi connectivity index (χ1) is 12.7. The highest BCUT2D eigenvalue weighted by molar-refractivity contribution is 5.28. The number of hydrogen-bond donors (Lipinski definition) is 0. The van der Waals surface area contributed by atoms with Crippen LogP contribution in [0.4, 0.5) is 0 Å². The summed E-state index contributed by atoms with van der Waals surface area (Å²) < 4.78 is 7.50. The summed E-state index contributed by atoms with van der Waals surface area (Å²) in [4.78, 5) is 9.67. The Morgan fingerprint density at radius 3 is 2.54 bits per heavy atom. The van der Waals surface area contributed by atoms with E-state index < -0.39 is 0 Å². The van der Waals surface area contributed by atoms with Gasteiger partial charge in [-0.25, -0.2) is 4.98 Å². The molecule has 5 heteroatoms. The SMILES string of the molecule is COc1cccc(CN2CCC3(CCN(Cc4nccn4C)CC3)C2)c1. The molecule has 140 valence electrons. The minimum Gasteiger partial charge on any atom is -0.497 e. The van der Waals surface area contributed by atoms with Crippen molar-refractivity contribution in [2.75, 3.05) is 33.3 Å². The number of methoxy groups -OCH3 is 1. The predicted molar refractivity (Wildman–Crippen MR) is 103 cm³/mol. The van der Waals surface area contributed by atoms with Gasteiger partial charge in [-0.1, -0.05) is 12.1 Å². The van der Waals surface area contributed by atoms with E-state index in [9.17, 15) is 0 Å². The molecule has 4 rings (SSSR count). The van der Waals surface area contributed by atoms with E-state index in [1.165, 1.54) is 56.8 Å². The number of rotatable bonds is 5. The Morgan fingerprint density at radius 1 is 1.08 bits per heavy atom. The van der Waals surface area contributed by atoms with Crippen molar-refractivity contribution in [1.82, 2.24) is 19.4 Å². The van der Waals surface area contributed by atoms with Gasteiger partial charge in [-0.05, 0) is 62.0 Å². The fourth-order valence-electron chi connectivity index (χ4n) is 4.53. The summed E-state index contributed by atoms with van der Waals surface area (Å²) in [5.74, 6) is 2.13. The summed E-state index contributed by atoms with van der Waals surface area (Å²) in [5, 5.41) is 0. The van der Waals surface area contributed by atoms with Crippen molar-refractivity contribution in [2.24, 2.45) is 12.5 Å². The van der Waals surface area contributed by atoms with Crippen LogP contribution >= 0.6 is 0 Å². The second kappa shape index (κ2) is 7.41. The third-order valence-electron chi connectivity index (χ3n) is 6.26. The Kier molecular flexibility index (Phi) is 5.00. The van der Waals surface area contributed by atoms with Crippen molar-refractivity contribution in [3.05, 3.63) is 48.0 Å². The maximum atomic E-state index is 5.36. The van der Waals surface area contributed by atoms with Crippen LogP contribution in [0.25, 0.3) is 0 Å². The lowest BCUT2D eigenvalue weighted by Crippen LogP contribution is -2.41. The summed E-state index contributed by atoms with van der Waals surface area (Å²) in [7, 11) is 3.82. The fraction of sp³-hybridized carbons (Fsp3) is 0.571. The molecule has 0 N–H and O–H groups in total. The van der Waals surface area contributed by atoms with E-state index in [0.717, 1.165) is 18.8 Å². The van der Waals surface area contributed by atoms with Crippen LogP contribution in [0.5, 0.6) is 5.75 Å². The topological polar surface area (TPSA) is 33.5 Å². The first-order valence-electron chi connectivity index (χ1n) is 9.70. The van der Waals surface area contributed by atoms with Gasteiger partial charge in [0.15, 0.2) is 0 Å². The van der Waals surface area contributed by atoms with Crippen molar-refractivity contribution < 1.29 is 4.74 Å². The molecule has 0 amide bonds. The smallest absolute Gasteiger partial charge is 0.122 e. The largest absolute Gasteiger partial charge is 0.497 e. The van der Waals surface area contributed by atoms with E-state index in [1.807, 2.05) is 18.5 Å². The molecule has 0 unspecified atom stereocenters. The Hall–Kier alpha value is -1.85. The molecule has 1 aromatic carbocycles. The Balaban J connectivity index is 1.30. The van der Waals surface area contributed by atoms with Gasteiger partial charge in [0, 0.05) is 32.5 Å². The minimum atomic E-state index is 0.525. The van der Waals surface area contributed by atoms with Gasteiger partial charge in [0.1, 0.15) is 11.6 Å². The zero-order valence-corrected chi connectivity index (χ0v) is 16.0. The van der Waals surface area contributed by atoms with Gasteiger partial charge < -0.3 is 9.30 Å². The molecule has 0 atom stereocenters. The second-order valence-electron chi connectivity index (χ2n) is 8.04. The molecule has 2 fully saturated rings. The van der Waals surface area contributed by atoms with Gasteiger partial charge in [0.25, 0.3) is 0 Å². The van der Waals surface area contributed by atoms with Crippen molar-refractivity contribution in [3.8, 4) is 5.75 Å². The minimum absolute atomic E-state index is 0.525. The van der Waals surface area contributed by atoms with E-state index in [4.69, 9.17) is 4.74 Å². The van der Waals surface area contributed by atoms with Crippen LogP contribution in [-0.4, -0.2) is 52.6 Å². The van der Waals surface area contributed by atoms with Gasteiger partial charge in [-0.15, -0.1) is 0 Å². The highest BCUT2D eigenvalue weighted by atomic mass is 16.5.